The van der Waals surface area contributed by atoms with Crippen molar-refractivity contribution in [2.45, 2.75) is 19.4 Å². The maximum Gasteiger partial charge on any atom is 0.239 e. The van der Waals surface area contributed by atoms with Crippen molar-refractivity contribution in [1.29, 1.82) is 0 Å². The number of pyridine rings is 1. The fourth-order valence-corrected chi connectivity index (χ4v) is 2.03. The van der Waals surface area contributed by atoms with Crippen molar-refractivity contribution in [2.24, 2.45) is 0 Å². The zero-order chi connectivity index (χ0) is 15.8. The predicted molar refractivity (Wildman–Crippen MR) is 84.0 cm³/mol. The van der Waals surface area contributed by atoms with Crippen LogP contribution in [0, 0.1) is 0 Å². The van der Waals surface area contributed by atoms with Crippen LogP contribution < -0.4 is 10.6 Å². The number of nitrogens with zero attached hydrogens (tertiary/aromatic N) is 1. The molecule has 2 rings (SSSR count). The van der Waals surface area contributed by atoms with Crippen molar-refractivity contribution in [2.75, 3.05) is 6.54 Å². The molecular weight excluding hydrogens is 278 g/mol. The molecule has 1 heterocycles. The fourth-order valence-electron chi connectivity index (χ4n) is 2.03. The van der Waals surface area contributed by atoms with Gasteiger partial charge in [-0.2, -0.15) is 0 Å². The van der Waals surface area contributed by atoms with Crippen molar-refractivity contribution in [3.8, 4) is 0 Å². The van der Waals surface area contributed by atoms with Crippen LogP contribution in [0.4, 0.5) is 0 Å². The van der Waals surface area contributed by atoms with Gasteiger partial charge in [-0.3, -0.25) is 14.6 Å². The lowest BCUT2D eigenvalue weighted by atomic mass is 10.1. The Labute approximate surface area is 129 Å². The summed E-state index contributed by atoms with van der Waals surface area (Å²) in [4.78, 5) is 27.6. The SMILES string of the molecule is CC(NC(=O)CNC(=O)Cc1ccccc1)c1cccnc1. The molecule has 0 fully saturated rings. The molecule has 0 spiro atoms. The lowest BCUT2D eigenvalue weighted by Gasteiger charge is -2.14. The number of hydrogen-bond acceptors (Lipinski definition) is 3. The maximum atomic E-state index is 11.8. The summed E-state index contributed by atoms with van der Waals surface area (Å²) in [6.45, 7) is 1.84. The van der Waals surface area contributed by atoms with Crippen molar-refractivity contribution < 1.29 is 9.59 Å². The van der Waals surface area contributed by atoms with E-state index in [1.165, 1.54) is 0 Å². The third kappa shape index (κ3) is 5.01. The molecule has 1 aromatic heterocycles. The highest BCUT2D eigenvalue weighted by atomic mass is 16.2. The Bertz CT molecular complexity index is 614. The van der Waals surface area contributed by atoms with Crippen molar-refractivity contribution in [1.82, 2.24) is 15.6 Å². The van der Waals surface area contributed by atoms with Gasteiger partial charge in [0.2, 0.25) is 11.8 Å². The zero-order valence-electron chi connectivity index (χ0n) is 12.5. The first kappa shape index (κ1) is 15.7. The van der Waals surface area contributed by atoms with E-state index in [2.05, 4.69) is 15.6 Å². The van der Waals surface area contributed by atoms with E-state index in [0.29, 0.717) is 0 Å². The summed E-state index contributed by atoms with van der Waals surface area (Å²) in [5, 5.41) is 5.44. The second-order valence-electron chi connectivity index (χ2n) is 5.01. The van der Waals surface area contributed by atoms with Gasteiger partial charge in [-0.25, -0.2) is 0 Å². The normalized spacial score (nSPS) is 11.5. The third-order valence-corrected chi connectivity index (χ3v) is 3.22. The smallest absolute Gasteiger partial charge is 0.239 e. The van der Waals surface area contributed by atoms with Crippen LogP contribution in [0.3, 0.4) is 0 Å². The molecule has 1 atom stereocenters. The molecule has 22 heavy (non-hydrogen) atoms. The Morgan fingerprint density at radius 1 is 1.09 bits per heavy atom. The van der Waals surface area contributed by atoms with Crippen LogP contribution in [0.25, 0.3) is 0 Å². The van der Waals surface area contributed by atoms with Crippen LogP contribution in [0.5, 0.6) is 0 Å². The Balaban J connectivity index is 1.74. The van der Waals surface area contributed by atoms with Crippen LogP contribution >= 0.6 is 0 Å². The lowest BCUT2D eigenvalue weighted by Crippen LogP contribution is -2.38. The molecule has 114 valence electrons. The van der Waals surface area contributed by atoms with Gasteiger partial charge in [0.25, 0.3) is 0 Å². The largest absolute Gasteiger partial charge is 0.348 e. The highest BCUT2D eigenvalue weighted by Crippen LogP contribution is 2.09. The summed E-state index contributed by atoms with van der Waals surface area (Å²) in [6.07, 6.45) is 3.66. The predicted octanol–water partition coefficient (Wildman–Crippen LogP) is 1.62. The number of amides is 2. The van der Waals surface area contributed by atoms with E-state index >= 15 is 0 Å². The number of aromatic nitrogens is 1. The van der Waals surface area contributed by atoms with Gasteiger partial charge in [-0.05, 0) is 24.1 Å². The minimum absolute atomic E-state index is 0.0315. The molecule has 5 heteroatoms. The summed E-state index contributed by atoms with van der Waals surface area (Å²) < 4.78 is 0. The first-order valence-corrected chi connectivity index (χ1v) is 7.15. The Morgan fingerprint density at radius 3 is 2.55 bits per heavy atom. The number of nitrogens with one attached hydrogen (secondary N) is 2. The fraction of sp³-hybridized carbons (Fsp3) is 0.235. The third-order valence-electron chi connectivity index (χ3n) is 3.22. The van der Waals surface area contributed by atoms with Gasteiger partial charge in [0.1, 0.15) is 0 Å². The molecule has 2 N–H and O–H groups in total. The second-order valence-corrected chi connectivity index (χ2v) is 5.01. The number of hydrogen-bond donors (Lipinski definition) is 2. The topological polar surface area (TPSA) is 71.1 Å². The number of carbonyl (C=O) groups is 2. The van der Waals surface area contributed by atoms with Crippen molar-refractivity contribution >= 4 is 11.8 Å². The van der Waals surface area contributed by atoms with Gasteiger partial charge < -0.3 is 10.6 Å². The van der Waals surface area contributed by atoms with E-state index in [4.69, 9.17) is 0 Å². The van der Waals surface area contributed by atoms with E-state index < -0.39 is 0 Å². The molecule has 0 saturated carbocycles. The summed E-state index contributed by atoms with van der Waals surface area (Å²) >= 11 is 0. The zero-order valence-corrected chi connectivity index (χ0v) is 12.5. The summed E-state index contributed by atoms with van der Waals surface area (Å²) in [7, 11) is 0. The van der Waals surface area contributed by atoms with Gasteiger partial charge in [0, 0.05) is 12.4 Å². The molecule has 0 aliphatic rings. The van der Waals surface area contributed by atoms with Crippen LogP contribution in [0.1, 0.15) is 24.1 Å². The summed E-state index contributed by atoms with van der Waals surface area (Å²) in [5.41, 5.74) is 1.84. The molecule has 1 unspecified atom stereocenters. The van der Waals surface area contributed by atoms with Crippen molar-refractivity contribution in [3.05, 3.63) is 66.0 Å². The molecule has 1 aromatic carbocycles. The minimum Gasteiger partial charge on any atom is -0.348 e. The molecule has 0 saturated heterocycles. The van der Waals surface area contributed by atoms with Crippen LogP contribution in [0.2, 0.25) is 0 Å². The molecule has 5 nitrogen and oxygen atoms in total. The minimum atomic E-state index is -0.224. The van der Waals surface area contributed by atoms with Gasteiger partial charge in [-0.1, -0.05) is 36.4 Å². The van der Waals surface area contributed by atoms with E-state index in [0.717, 1.165) is 11.1 Å². The molecule has 2 aromatic rings. The Kier molecular flexibility index (Phi) is 5.65. The summed E-state index contributed by atoms with van der Waals surface area (Å²) in [5.74, 6) is -0.395. The highest BCUT2D eigenvalue weighted by Gasteiger charge is 2.10. The second kappa shape index (κ2) is 7.93. The molecule has 0 aliphatic heterocycles. The van der Waals surface area contributed by atoms with Gasteiger partial charge >= 0.3 is 0 Å². The number of carbonyl (C=O) groups excluding carboxylic acids is 2. The monoisotopic (exact) mass is 297 g/mol. The average molecular weight is 297 g/mol. The van der Waals surface area contributed by atoms with Gasteiger partial charge in [0.15, 0.2) is 0 Å². The van der Waals surface area contributed by atoms with Gasteiger partial charge in [0.05, 0.1) is 19.0 Å². The first-order valence-electron chi connectivity index (χ1n) is 7.15. The van der Waals surface area contributed by atoms with Crippen LogP contribution in [-0.2, 0) is 16.0 Å². The lowest BCUT2D eigenvalue weighted by molar-refractivity contribution is -0.126. The van der Waals surface area contributed by atoms with Gasteiger partial charge in [-0.15, -0.1) is 0 Å². The van der Waals surface area contributed by atoms with E-state index in [9.17, 15) is 9.59 Å². The summed E-state index contributed by atoms with van der Waals surface area (Å²) in [6, 6.07) is 13.0. The van der Waals surface area contributed by atoms with Crippen LogP contribution in [-0.4, -0.2) is 23.3 Å². The van der Waals surface area contributed by atoms with E-state index in [-0.39, 0.29) is 30.8 Å². The number of benzene rings is 1. The Morgan fingerprint density at radius 2 is 1.86 bits per heavy atom. The van der Waals surface area contributed by atoms with Crippen molar-refractivity contribution in [3.63, 3.8) is 0 Å². The van der Waals surface area contributed by atoms with E-state index in [1.54, 1.807) is 12.4 Å². The molecule has 0 aliphatic carbocycles. The first-order chi connectivity index (χ1) is 10.6. The molecule has 0 bridgehead atoms. The van der Waals surface area contributed by atoms with E-state index in [1.807, 2.05) is 49.4 Å². The molecule has 0 radical (unpaired) electrons. The Hall–Kier alpha value is -2.69. The highest BCUT2D eigenvalue weighted by molar-refractivity contribution is 5.85. The standard InChI is InChI=1S/C17H19N3O2/c1-13(15-8-5-9-18-11-15)20-17(22)12-19-16(21)10-14-6-3-2-4-7-14/h2-9,11,13H,10,12H2,1H3,(H,19,21)(H,20,22). The average Bonchev–Trinajstić information content (AvgIpc) is 2.55. The molecular formula is C17H19N3O2. The maximum absolute atomic E-state index is 11.8. The van der Waals surface area contributed by atoms with Crippen LogP contribution in [0.15, 0.2) is 54.9 Å². The quantitative estimate of drug-likeness (QED) is 0.851. The number of rotatable bonds is 6. The molecule has 2 amide bonds.